The fourth-order valence-electron chi connectivity index (χ4n) is 3.47. The van der Waals surface area contributed by atoms with Crippen LogP contribution in [0.25, 0.3) is 28.2 Å². The summed E-state index contributed by atoms with van der Waals surface area (Å²) in [5, 5.41) is 7.34. The molecule has 1 aromatic carbocycles. The van der Waals surface area contributed by atoms with Crippen LogP contribution < -0.4 is 5.32 Å². The molecule has 0 fully saturated rings. The first kappa shape index (κ1) is 18.6. The number of benzene rings is 1. The molecule has 0 unspecified atom stereocenters. The van der Waals surface area contributed by atoms with E-state index in [1.807, 2.05) is 36.4 Å². The number of carbonyl (C=O) groups excluding carboxylic acids is 1. The number of carbonyl (C=O) groups is 1. The van der Waals surface area contributed by atoms with E-state index in [2.05, 4.69) is 39.4 Å². The van der Waals surface area contributed by atoms with Gasteiger partial charge in [-0.3, -0.25) is 9.78 Å². The first-order valence-electron chi connectivity index (χ1n) is 9.78. The summed E-state index contributed by atoms with van der Waals surface area (Å²) in [7, 11) is 0. The smallest absolute Gasteiger partial charge is 0.258 e. The highest BCUT2D eigenvalue weighted by Crippen LogP contribution is 2.33. The Morgan fingerprint density at radius 1 is 0.935 bits per heavy atom. The third-order valence-electron chi connectivity index (χ3n) is 4.88. The minimum atomic E-state index is -0.270. The highest BCUT2D eigenvalue weighted by atomic mass is 16.1. The van der Waals surface area contributed by atoms with E-state index in [4.69, 9.17) is 4.98 Å². The maximum atomic E-state index is 12.5. The topological polar surface area (TPSA) is 85.1 Å². The van der Waals surface area contributed by atoms with E-state index in [1.54, 1.807) is 35.2 Å². The largest absolute Gasteiger partial charge is 0.306 e. The number of aromatic nitrogens is 5. The molecule has 4 aromatic heterocycles. The van der Waals surface area contributed by atoms with Gasteiger partial charge in [-0.25, -0.2) is 14.5 Å². The van der Waals surface area contributed by atoms with E-state index in [0.29, 0.717) is 11.4 Å². The number of nitrogens with one attached hydrogen (secondary N) is 1. The van der Waals surface area contributed by atoms with E-state index in [9.17, 15) is 4.79 Å². The third-order valence-corrected chi connectivity index (χ3v) is 4.88. The summed E-state index contributed by atoms with van der Waals surface area (Å²) >= 11 is 0. The summed E-state index contributed by atoms with van der Waals surface area (Å²) in [6, 6.07) is 19.1. The number of pyridine rings is 2. The Morgan fingerprint density at radius 3 is 2.68 bits per heavy atom. The second-order valence-electron chi connectivity index (χ2n) is 7.10. The molecule has 7 heteroatoms. The summed E-state index contributed by atoms with van der Waals surface area (Å²) in [6.07, 6.45) is 6.53. The van der Waals surface area contributed by atoms with Crippen LogP contribution in [0.2, 0.25) is 0 Å². The molecule has 150 valence electrons. The van der Waals surface area contributed by atoms with Crippen molar-refractivity contribution < 1.29 is 4.79 Å². The van der Waals surface area contributed by atoms with Crippen LogP contribution in [0.4, 0.5) is 5.82 Å². The lowest BCUT2D eigenvalue weighted by Crippen LogP contribution is -2.13. The van der Waals surface area contributed by atoms with Gasteiger partial charge < -0.3 is 5.32 Å². The average Bonchev–Trinajstić information content (AvgIpc) is 3.19. The van der Waals surface area contributed by atoms with Gasteiger partial charge in [-0.1, -0.05) is 23.8 Å². The molecule has 0 bridgehead atoms. The van der Waals surface area contributed by atoms with Crippen LogP contribution in [-0.2, 0) is 0 Å². The monoisotopic (exact) mass is 406 g/mol. The molecule has 5 aromatic rings. The van der Waals surface area contributed by atoms with Crippen molar-refractivity contribution in [1.82, 2.24) is 24.6 Å². The molecule has 31 heavy (non-hydrogen) atoms. The van der Waals surface area contributed by atoms with Gasteiger partial charge in [0.2, 0.25) is 0 Å². The number of aryl methyl sites for hydroxylation is 1. The van der Waals surface area contributed by atoms with Crippen molar-refractivity contribution in [3.05, 3.63) is 96.6 Å². The second-order valence-corrected chi connectivity index (χ2v) is 7.10. The molecule has 7 nitrogen and oxygen atoms in total. The second kappa shape index (κ2) is 7.79. The van der Waals surface area contributed by atoms with E-state index in [-0.39, 0.29) is 5.91 Å². The van der Waals surface area contributed by atoms with Gasteiger partial charge in [0, 0.05) is 35.9 Å². The van der Waals surface area contributed by atoms with Gasteiger partial charge in [0.1, 0.15) is 11.5 Å². The molecular formula is C24H18N6O. The zero-order valence-electron chi connectivity index (χ0n) is 16.7. The Balaban J connectivity index is 1.60. The van der Waals surface area contributed by atoms with Gasteiger partial charge in [0.15, 0.2) is 5.65 Å². The summed E-state index contributed by atoms with van der Waals surface area (Å²) < 4.78 is 1.81. The van der Waals surface area contributed by atoms with Crippen LogP contribution in [0.3, 0.4) is 0 Å². The number of imidazole rings is 1. The lowest BCUT2D eigenvalue weighted by atomic mass is 10.0. The molecular weight excluding hydrogens is 388 g/mol. The zero-order valence-corrected chi connectivity index (χ0v) is 16.7. The molecule has 1 N–H and O–H groups in total. The van der Waals surface area contributed by atoms with Crippen molar-refractivity contribution >= 4 is 17.4 Å². The van der Waals surface area contributed by atoms with Crippen LogP contribution in [0.1, 0.15) is 15.9 Å². The van der Waals surface area contributed by atoms with Gasteiger partial charge in [0.25, 0.3) is 5.91 Å². The summed E-state index contributed by atoms with van der Waals surface area (Å²) in [5.74, 6) is 0.167. The van der Waals surface area contributed by atoms with Crippen LogP contribution >= 0.6 is 0 Å². The van der Waals surface area contributed by atoms with Crippen LogP contribution in [-0.4, -0.2) is 30.5 Å². The fourth-order valence-corrected chi connectivity index (χ4v) is 3.47. The molecule has 0 atom stereocenters. The minimum Gasteiger partial charge on any atom is -0.306 e. The molecule has 0 aliphatic carbocycles. The number of rotatable bonds is 4. The molecule has 0 saturated heterocycles. The van der Waals surface area contributed by atoms with Crippen LogP contribution in [0, 0.1) is 6.92 Å². The predicted molar refractivity (Wildman–Crippen MR) is 119 cm³/mol. The van der Waals surface area contributed by atoms with Gasteiger partial charge in [0.05, 0.1) is 11.3 Å². The number of hydrogen-bond acceptors (Lipinski definition) is 5. The van der Waals surface area contributed by atoms with Crippen molar-refractivity contribution in [3.63, 3.8) is 0 Å². The molecule has 0 aliphatic rings. The molecule has 0 aliphatic heterocycles. The van der Waals surface area contributed by atoms with Crippen molar-refractivity contribution in [2.75, 3.05) is 5.32 Å². The van der Waals surface area contributed by atoms with E-state index < -0.39 is 0 Å². The highest BCUT2D eigenvalue weighted by Gasteiger charge is 2.18. The fraction of sp³-hybridized carbons (Fsp3) is 0.0417. The van der Waals surface area contributed by atoms with Crippen molar-refractivity contribution in [2.24, 2.45) is 0 Å². The SMILES string of the molecule is Cc1cccc(-c2nc3cccnn3c2-c2ccnc(NC(=O)c3cccnc3)c2)c1. The maximum Gasteiger partial charge on any atom is 0.258 e. The van der Waals surface area contributed by atoms with Gasteiger partial charge in [-0.15, -0.1) is 0 Å². The van der Waals surface area contributed by atoms with E-state index in [0.717, 1.165) is 33.7 Å². The number of nitrogens with zero attached hydrogens (tertiary/aromatic N) is 5. The quantitative estimate of drug-likeness (QED) is 0.478. The zero-order chi connectivity index (χ0) is 21.2. The Bertz CT molecular complexity index is 1390. The number of anilines is 1. The average molecular weight is 406 g/mol. The van der Waals surface area contributed by atoms with Crippen molar-refractivity contribution in [1.29, 1.82) is 0 Å². The standard InChI is InChI=1S/C24H18N6O/c1-16-5-2-6-17(13-16)22-23(30-21(29-22)8-4-11-27-30)18-9-12-26-20(14-18)28-24(31)19-7-3-10-25-15-19/h2-15H,1H3,(H,26,28,31). The van der Waals surface area contributed by atoms with Crippen molar-refractivity contribution in [2.45, 2.75) is 6.92 Å². The molecule has 5 rings (SSSR count). The van der Waals surface area contributed by atoms with Crippen LogP contribution in [0.15, 0.2) is 85.5 Å². The minimum absolute atomic E-state index is 0.270. The normalized spacial score (nSPS) is 10.9. The lowest BCUT2D eigenvalue weighted by Gasteiger charge is -2.08. The van der Waals surface area contributed by atoms with Crippen molar-refractivity contribution in [3.8, 4) is 22.5 Å². The van der Waals surface area contributed by atoms with E-state index in [1.165, 1.54) is 6.20 Å². The molecule has 0 saturated carbocycles. The molecule has 0 radical (unpaired) electrons. The Hall–Kier alpha value is -4.39. The van der Waals surface area contributed by atoms with Gasteiger partial charge in [-0.05, 0) is 49.4 Å². The Labute approximate surface area is 178 Å². The maximum absolute atomic E-state index is 12.5. The number of hydrogen-bond donors (Lipinski definition) is 1. The Morgan fingerprint density at radius 2 is 1.84 bits per heavy atom. The summed E-state index contributed by atoms with van der Waals surface area (Å²) in [5.41, 5.74) is 5.85. The first-order chi connectivity index (χ1) is 15.2. The number of fused-ring (bicyclic) bond motifs is 1. The summed E-state index contributed by atoms with van der Waals surface area (Å²) in [6.45, 7) is 2.05. The Kier molecular flexibility index (Phi) is 4.68. The molecule has 0 spiro atoms. The van der Waals surface area contributed by atoms with Crippen LogP contribution in [0.5, 0.6) is 0 Å². The third kappa shape index (κ3) is 3.64. The lowest BCUT2D eigenvalue weighted by molar-refractivity contribution is 0.102. The number of amides is 1. The summed E-state index contributed by atoms with van der Waals surface area (Å²) in [4.78, 5) is 25.7. The first-order valence-corrected chi connectivity index (χ1v) is 9.78. The molecule has 4 heterocycles. The van der Waals surface area contributed by atoms with Gasteiger partial charge >= 0.3 is 0 Å². The molecule has 1 amide bonds. The van der Waals surface area contributed by atoms with Gasteiger partial charge in [-0.2, -0.15) is 5.10 Å². The van der Waals surface area contributed by atoms with E-state index >= 15 is 0 Å². The predicted octanol–water partition coefficient (Wildman–Crippen LogP) is 4.41. The highest BCUT2D eigenvalue weighted by molar-refractivity contribution is 6.03.